The second-order valence-electron chi connectivity index (χ2n) is 7.21. The molecular weight excluding hydrogens is 377 g/mol. The van der Waals surface area contributed by atoms with E-state index in [1.807, 2.05) is 0 Å². The van der Waals surface area contributed by atoms with E-state index in [0.717, 1.165) is 10.1 Å². The number of benzene rings is 2. The van der Waals surface area contributed by atoms with E-state index >= 15 is 0 Å². The molecule has 8 heteroatoms. The Morgan fingerprint density at radius 2 is 1.83 bits per heavy atom. The molecule has 1 fully saturated rings. The highest BCUT2D eigenvalue weighted by Crippen LogP contribution is 2.31. The third kappa shape index (κ3) is 3.36. The lowest BCUT2D eigenvalue weighted by Crippen LogP contribution is -2.43. The zero-order valence-corrected chi connectivity index (χ0v) is 15.5. The molecule has 0 spiro atoms. The van der Waals surface area contributed by atoms with Gasteiger partial charge in [-0.1, -0.05) is 24.3 Å². The van der Waals surface area contributed by atoms with Crippen molar-refractivity contribution in [3.8, 4) is 0 Å². The number of amides is 1. The Hall–Kier alpha value is -3.26. The van der Waals surface area contributed by atoms with E-state index in [4.69, 9.17) is 5.21 Å². The number of carbonyl (C=O) groups excluding carboxylic acids is 1. The zero-order chi connectivity index (χ0) is 20.5. The van der Waals surface area contributed by atoms with Crippen molar-refractivity contribution in [1.29, 1.82) is 0 Å². The van der Waals surface area contributed by atoms with Gasteiger partial charge in [0.15, 0.2) is 0 Å². The number of aromatic nitrogens is 2. The number of hydrogen-bond acceptors (Lipinski definition) is 4. The summed E-state index contributed by atoms with van der Waals surface area (Å²) in [5.74, 6) is -0.636. The molecule has 0 saturated heterocycles. The SMILES string of the molecule is O=C(NO)c1ccc(Cn2c(=O)n(C3CCCC3F)c(=O)c3ccccc32)cc1. The number of alkyl halides is 1. The largest absolute Gasteiger partial charge is 0.332 e. The minimum atomic E-state index is -1.22. The lowest BCUT2D eigenvalue weighted by molar-refractivity contribution is 0.0706. The minimum absolute atomic E-state index is 0.157. The van der Waals surface area contributed by atoms with Gasteiger partial charge in [-0.05, 0) is 49.1 Å². The van der Waals surface area contributed by atoms with E-state index in [-0.39, 0.29) is 12.1 Å². The third-order valence-electron chi connectivity index (χ3n) is 5.47. The number of hydroxylamine groups is 1. The third-order valence-corrected chi connectivity index (χ3v) is 5.47. The van der Waals surface area contributed by atoms with E-state index in [2.05, 4.69) is 0 Å². The van der Waals surface area contributed by atoms with Crippen molar-refractivity contribution in [3.63, 3.8) is 0 Å². The van der Waals surface area contributed by atoms with Crippen LogP contribution in [0.3, 0.4) is 0 Å². The smallest absolute Gasteiger partial charge is 0.289 e. The van der Waals surface area contributed by atoms with Crippen LogP contribution in [0.5, 0.6) is 0 Å². The molecular formula is C21H20FN3O4. The van der Waals surface area contributed by atoms with Gasteiger partial charge < -0.3 is 0 Å². The molecule has 3 aromatic rings. The highest BCUT2D eigenvalue weighted by molar-refractivity contribution is 5.93. The molecule has 1 saturated carbocycles. The van der Waals surface area contributed by atoms with Gasteiger partial charge in [0.1, 0.15) is 6.17 Å². The van der Waals surface area contributed by atoms with E-state index in [9.17, 15) is 18.8 Å². The molecule has 1 heterocycles. The Bertz CT molecular complexity index is 1180. The minimum Gasteiger partial charge on any atom is -0.289 e. The number of hydrogen-bond donors (Lipinski definition) is 2. The number of nitrogens with zero attached hydrogens (tertiary/aromatic N) is 2. The van der Waals surface area contributed by atoms with Gasteiger partial charge in [0, 0.05) is 5.56 Å². The molecule has 1 aliphatic rings. The van der Waals surface area contributed by atoms with Crippen molar-refractivity contribution in [2.45, 2.75) is 38.0 Å². The second-order valence-corrected chi connectivity index (χ2v) is 7.21. The molecule has 2 unspecified atom stereocenters. The normalized spacial score (nSPS) is 18.8. The van der Waals surface area contributed by atoms with Crippen molar-refractivity contribution in [2.24, 2.45) is 0 Å². The van der Waals surface area contributed by atoms with Crippen LogP contribution in [-0.4, -0.2) is 26.4 Å². The van der Waals surface area contributed by atoms with Crippen LogP contribution in [0, 0.1) is 0 Å². The first kappa shape index (κ1) is 19.1. The van der Waals surface area contributed by atoms with Gasteiger partial charge in [-0.25, -0.2) is 14.7 Å². The molecule has 2 atom stereocenters. The number of carbonyl (C=O) groups is 1. The van der Waals surface area contributed by atoms with Gasteiger partial charge in [0.05, 0.1) is 23.5 Å². The summed E-state index contributed by atoms with van der Waals surface area (Å²) in [4.78, 5) is 37.7. The summed E-state index contributed by atoms with van der Waals surface area (Å²) in [5.41, 5.74) is 2.02. The fourth-order valence-corrected chi connectivity index (χ4v) is 3.98. The number of halogens is 1. The van der Waals surface area contributed by atoms with Crippen LogP contribution in [-0.2, 0) is 6.54 Å². The topological polar surface area (TPSA) is 93.3 Å². The first-order valence-corrected chi connectivity index (χ1v) is 9.43. The molecule has 2 N–H and O–H groups in total. The van der Waals surface area contributed by atoms with E-state index < -0.39 is 29.4 Å². The summed E-state index contributed by atoms with van der Waals surface area (Å²) in [6.07, 6.45) is 0.224. The van der Waals surface area contributed by atoms with Crippen LogP contribution in [0.4, 0.5) is 4.39 Å². The zero-order valence-electron chi connectivity index (χ0n) is 15.5. The molecule has 7 nitrogen and oxygen atoms in total. The van der Waals surface area contributed by atoms with Crippen molar-refractivity contribution < 1.29 is 14.4 Å². The van der Waals surface area contributed by atoms with Crippen LogP contribution >= 0.6 is 0 Å². The molecule has 4 rings (SSSR count). The van der Waals surface area contributed by atoms with Gasteiger partial charge in [0.25, 0.3) is 11.5 Å². The summed E-state index contributed by atoms with van der Waals surface area (Å²) in [5, 5.41) is 9.08. The van der Waals surface area contributed by atoms with Crippen molar-refractivity contribution in [2.75, 3.05) is 0 Å². The van der Waals surface area contributed by atoms with Crippen LogP contribution in [0.15, 0.2) is 58.1 Å². The maximum atomic E-state index is 14.4. The maximum Gasteiger partial charge on any atom is 0.332 e. The van der Waals surface area contributed by atoms with Crippen LogP contribution in [0.2, 0.25) is 0 Å². The highest BCUT2D eigenvalue weighted by atomic mass is 19.1. The quantitative estimate of drug-likeness (QED) is 0.522. The van der Waals surface area contributed by atoms with Gasteiger partial charge in [-0.3, -0.25) is 23.9 Å². The van der Waals surface area contributed by atoms with Crippen LogP contribution in [0.1, 0.15) is 41.2 Å². The molecule has 2 aromatic carbocycles. The Labute approximate surface area is 165 Å². The van der Waals surface area contributed by atoms with E-state index in [1.54, 1.807) is 41.9 Å². The van der Waals surface area contributed by atoms with Gasteiger partial charge in [0.2, 0.25) is 0 Å². The summed E-state index contributed by atoms with van der Waals surface area (Å²) < 4.78 is 16.9. The number of fused-ring (bicyclic) bond motifs is 1. The number of para-hydroxylation sites is 1. The summed E-state index contributed by atoms with van der Waals surface area (Å²) in [7, 11) is 0. The van der Waals surface area contributed by atoms with Gasteiger partial charge in [-0.2, -0.15) is 0 Å². The van der Waals surface area contributed by atoms with Crippen LogP contribution in [0.25, 0.3) is 10.9 Å². The number of nitrogens with one attached hydrogen (secondary N) is 1. The lowest BCUT2D eigenvalue weighted by Gasteiger charge is -2.19. The Balaban J connectivity index is 1.84. The van der Waals surface area contributed by atoms with Crippen molar-refractivity contribution >= 4 is 16.8 Å². The van der Waals surface area contributed by atoms with Gasteiger partial charge in [-0.15, -0.1) is 0 Å². The molecule has 0 radical (unpaired) electrons. The monoisotopic (exact) mass is 397 g/mol. The maximum absolute atomic E-state index is 14.4. The molecule has 0 aliphatic heterocycles. The first-order chi connectivity index (χ1) is 14.0. The molecule has 1 aliphatic carbocycles. The fraction of sp³-hybridized carbons (Fsp3) is 0.286. The Kier molecular flexibility index (Phi) is 5.02. The van der Waals surface area contributed by atoms with Crippen molar-refractivity contribution in [3.05, 3.63) is 80.5 Å². The van der Waals surface area contributed by atoms with Crippen LogP contribution < -0.4 is 16.7 Å². The van der Waals surface area contributed by atoms with Gasteiger partial charge >= 0.3 is 5.69 Å². The molecule has 1 aromatic heterocycles. The van der Waals surface area contributed by atoms with Crippen molar-refractivity contribution in [1.82, 2.24) is 14.6 Å². The summed E-state index contributed by atoms with van der Waals surface area (Å²) in [6, 6.07) is 12.4. The Morgan fingerprint density at radius 3 is 2.48 bits per heavy atom. The van der Waals surface area contributed by atoms with E-state index in [1.165, 1.54) is 16.7 Å². The second kappa shape index (κ2) is 7.63. The Morgan fingerprint density at radius 1 is 1.10 bits per heavy atom. The average Bonchev–Trinajstić information content (AvgIpc) is 3.16. The average molecular weight is 397 g/mol. The first-order valence-electron chi connectivity index (χ1n) is 9.43. The standard InChI is InChI=1S/C21H20FN3O4/c22-16-5-3-7-18(16)25-20(27)15-4-1-2-6-17(15)24(21(25)28)12-13-8-10-14(11-9-13)19(26)23-29/h1-2,4,6,8-11,16,18,29H,3,5,7,12H2,(H,23,26). The lowest BCUT2D eigenvalue weighted by atomic mass is 10.1. The van der Waals surface area contributed by atoms with E-state index in [0.29, 0.717) is 30.2 Å². The predicted octanol–water partition coefficient (Wildman–Crippen LogP) is 2.39. The summed E-state index contributed by atoms with van der Waals surface area (Å²) in [6.45, 7) is 0.157. The summed E-state index contributed by atoms with van der Waals surface area (Å²) >= 11 is 0. The predicted molar refractivity (Wildman–Crippen MR) is 105 cm³/mol. The highest BCUT2D eigenvalue weighted by Gasteiger charge is 2.32. The molecule has 1 amide bonds. The fourth-order valence-electron chi connectivity index (χ4n) is 3.98. The number of rotatable bonds is 4. The molecule has 29 heavy (non-hydrogen) atoms. The molecule has 0 bridgehead atoms. The molecule has 150 valence electrons.